The summed E-state index contributed by atoms with van der Waals surface area (Å²) in [6.07, 6.45) is 2.17. The number of carbonyl (C=O) groups is 1. The van der Waals surface area contributed by atoms with Crippen LogP contribution in [0.4, 0.5) is 5.69 Å². The number of anilines is 1. The van der Waals surface area contributed by atoms with Crippen molar-refractivity contribution in [2.24, 2.45) is 5.41 Å². The van der Waals surface area contributed by atoms with Crippen molar-refractivity contribution in [1.82, 2.24) is 4.90 Å². The van der Waals surface area contributed by atoms with Gasteiger partial charge in [0.25, 0.3) is 5.91 Å². The van der Waals surface area contributed by atoms with Crippen LogP contribution in [0.2, 0.25) is 0 Å². The Morgan fingerprint density at radius 3 is 2.44 bits per heavy atom. The molecule has 1 heterocycles. The van der Waals surface area contributed by atoms with Gasteiger partial charge in [0.2, 0.25) is 0 Å². The zero-order valence-corrected chi connectivity index (χ0v) is 11.5. The van der Waals surface area contributed by atoms with E-state index in [2.05, 4.69) is 19.2 Å². The summed E-state index contributed by atoms with van der Waals surface area (Å²) in [7, 11) is 1.85. The van der Waals surface area contributed by atoms with Gasteiger partial charge in [-0.2, -0.15) is 0 Å². The van der Waals surface area contributed by atoms with Crippen LogP contribution in [0, 0.1) is 5.41 Å². The molecule has 0 aromatic heterocycles. The first-order chi connectivity index (χ1) is 8.53. The lowest BCUT2D eigenvalue weighted by Gasteiger charge is -2.37. The van der Waals surface area contributed by atoms with Gasteiger partial charge in [-0.25, -0.2) is 0 Å². The molecule has 98 valence electrons. The number of nitrogens with zero attached hydrogens (tertiary/aromatic N) is 1. The van der Waals surface area contributed by atoms with E-state index < -0.39 is 0 Å². The molecule has 3 heteroatoms. The quantitative estimate of drug-likeness (QED) is 0.870. The van der Waals surface area contributed by atoms with E-state index in [1.54, 1.807) is 0 Å². The monoisotopic (exact) mass is 246 g/mol. The van der Waals surface area contributed by atoms with Crippen molar-refractivity contribution < 1.29 is 4.79 Å². The molecule has 1 amide bonds. The number of amides is 1. The third kappa shape index (κ3) is 2.66. The van der Waals surface area contributed by atoms with Crippen LogP contribution in [-0.2, 0) is 0 Å². The van der Waals surface area contributed by atoms with Gasteiger partial charge in [0, 0.05) is 25.8 Å². The summed E-state index contributed by atoms with van der Waals surface area (Å²) in [5, 5.41) is 3.08. The maximum atomic E-state index is 12.5. The van der Waals surface area contributed by atoms with Crippen molar-refractivity contribution in [2.45, 2.75) is 26.7 Å². The van der Waals surface area contributed by atoms with Crippen molar-refractivity contribution in [3.8, 4) is 0 Å². The van der Waals surface area contributed by atoms with Crippen molar-refractivity contribution in [3.05, 3.63) is 29.8 Å². The largest absolute Gasteiger partial charge is 0.387 e. The van der Waals surface area contributed by atoms with Gasteiger partial charge in [-0.15, -0.1) is 0 Å². The van der Waals surface area contributed by atoms with Crippen LogP contribution in [0.25, 0.3) is 0 Å². The predicted octanol–water partition coefficient (Wildman–Crippen LogP) is 2.99. The van der Waals surface area contributed by atoms with E-state index >= 15 is 0 Å². The highest BCUT2D eigenvalue weighted by molar-refractivity contribution is 5.99. The molecule has 1 fully saturated rings. The van der Waals surface area contributed by atoms with Gasteiger partial charge in [-0.05, 0) is 30.4 Å². The fourth-order valence-corrected chi connectivity index (χ4v) is 2.37. The van der Waals surface area contributed by atoms with Crippen molar-refractivity contribution in [3.63, 3.8) is 0 Å². The number of rotatable bonds is 2. The second kappa shape index (κ2) is 5.01. The van der Waals surface area contributed by atoms with Crippen LogP contribution in [0.5, 0.6) is 0 Å². The number of benzene rings is 1. The van der Waals surface area contributed by atoms with E-state index in [9.17, 15) is 4.79 Å². The average molecular weight is 246 g/mol. The van der Waals surface area contributed by atoms with E-state index in [0.29, 0.717) is 5.41 Å². The van der Waals surface area contributed by atoms with Crippen LogP contribution in [0.1, 0.15) is 37.0 Å². The minimum absolute atomic E-state index is 0.149. The zero-order valence-electron chi connectivity index (χ0n) is 11.5. The number of likely N-dealkylation sites (tertiary alicyclic amines) is 1. The zero-order chi connectivity index (χ0) is 13.2. The molecule has 1 aromatic carbocycles. The van der Waals surface area contributed by atoms with Crippen LogP contribution < -0.4 is 5.32 Å². The fourth-order valence-electron chi connectivity index (χ4n) is 2.37. The molecule has 0 bridgehead atoms. The Morgan fingerprint density at radius 2 is 1.83 bits per heavy atom. The Balaban J connectivity index is 2.13. The highest BCUT2D eigenvalue weighted by Crippen LogP contribution is 2.30. The van der Waals surface area contributed by atoms with Crippen molar-refractivity contribution in [1.29, 1.82) is 0 Å². The van der Waals surface area contributed by atoms with E-state index in [1.807, 2.05) is 36.2 Å². The number of piperidine rings is 1. The minimum Gasteiger partial charge on any atom is -0.387 e. The lowest BCUT2D eigenvalue weighted by Crippen LogP contribution is -2.41. The number of hydrogen-bond donors (Lipinski definition) is 1. The van der Waals surface area contributed by atoms with E-state index in [-0.39, 0.29) is 5.91 Å². The maximum Gasteiger partial charge on any atom is 0.255 e. The third-order valence-electron chi connectivity index (χ3n) is 3.83. The Hall–Kier alpha value is -1.51. The minimum atomic E-state index is 0.149. The summed E-state index contributed by atoms with van der Waals surface area (Å²) in [6, 6.07) is 7.71. The molecule has 0 spiro atoms. The fraction of sp³-hybridized carbons (Fsp3) is 0.533. The Labute approximate surface area is 109 Å². The highest BCUT2D eigenvalue weighted by Gasteiger charge is 2.28. The van der Waals surface area contributed by atoms with Crippen molar-refractivity contribution >= 4 is 11.6 Å². The Kier molecular flexibility index (Phi) is 3.60. The number of carbonyl (C=O) groups excluding carboxylic acids is 1. The summed E-state index contributed by atoms with van der Waals surface area (Å²) in [4.78, 5) is 14.5. The van der Waals surface area contributed by atoms with Gasteiger partial charge in [0.15, 0.2) is 0 Å². The lowest BCUT2D eigenvalue weighted by atomic mass is 9.82. The molecule has 1 N–H and O–H groups in total. The first kappa shape index (κ1) is 12.9. The van der Waals surface area contributed by atoms with Gasteiger partial charge < -0.3 is 10.2 Å². The molecule has 1 saturated heterocycles. The molecule has 0 atom stereocenters. The smallest absolute Gasteiger partial charge is 0.255 e. The molecular formula is C15H22N2O. The topological polar surface area (TPSA) is 32.3 Å². The van der Waals surface area contributed by atoms with Crippen molar-refractivity contribution in [2.75, 3.05) is 25.5 Å². The molecule has 3 nitrogen and oxygen atoms in total. The molecular weight excluding hydrogens is 224 g/mol. The second-order valence-corrected chi connectivity index (χ2v) is 5.75. The lowest BCUT2D eigenvalue weighted by molar-refractivity contribution is 0.0631. The van der Waals surface area contributed by atoms with Crippen LogP contribution in [0.3, 0.4) is 0 Å². The van der Waals surface area contributed by atoms with Gasteiger partial charge >= 0.3 is 0 Å². The average Bonchev–Trinajstić information content (AvgIpc) is 2.38. The molecule has 0 radical (unpaired) electrons. The molecule has 1 aliphatic rings. The third-order valence-corrected chi connectivity index (χ3v) is 3.83. The van der Waals surface area contributed by atoms with Gasteiger partial charge in [-0.1, -0.05) is 26.0 Å². The van der Waals surface area contributed by atoms with Crippen LogP contribution in [0.15, 0.2) is 24.3 Å². The summed E-state index contributed by atoms with van der Waals surface area (Å²) >= 11 is 0. The van der Waals surface area contributed by atoms with Gasteiger partial charge in [-0.3, -0.25) is 4.79 Å². The molecule has 0 aliphatic carbocycles. The Bertz CT molecular complexity index is 430. The molecule has 2 rings (SSSR count). The predicted molar refractivity (Wildman–Crippen MR) is 74.9 cm³/mol. The molecule has 18 heavy (non-hydrogen) atoms. The molecule has 0 unspecified atom stereocenters. The van der Waals surface area contributed by atoms with Crippen LogP contribution >= 0.6 is 0 Å². The summed E-state index contributed by atoms with van der Waals surface area (Å²) < 4.78 is 0. The SMILES string of the molecule is CNc1ccccc1C(=O)N1CCC(C)(C)CC1. The highest BCUT2D eigenvalue weighted by atomic mass is 16.2. The van der Waals surface area contributed by atoms with Gasteiger partial charge in [0.05, 0.1) is 5.56 Å². The standard InChI is InChI=1S/C15H22N2O/c1-15(2)8-10-17(11-9-15)14(18)12-6-4-5-7-13(12)16-3/h4-7,16H,8-11H2,1-3H3. The molecule has 1 aliphatic heterocycles. The molecule has 1 aromatic rings. The van der Waals surface area contributed by atoms with E-state index in [4.69, 9.17) is 0 Å². The Morgan fingerprint density at radius 1 is 1.22 bits per heavy atom. The summed E-state index contributed by atoms with van der Waals surface area (Å²) in [6.45, 7) is 6.28. The first-order valence-corrected chi connectivity index (χ1v) is 6.59. The summed E-state index contributed by atoms with van der Waals surface area (Å²) in [5.41, 5.74) is 2.06. The number of para-hydroxylation sites is 1. The number of hydrogen-bond acceptors (Lipinski definition) is 2. The first-order valence-electron chi connectivity index (χ1n) is 6.59. The van der Waals surface area contributed by atoms with Crippen LogP contribution in [-0.4, -0.2) is 30.9 Å². The maximum absolute atomic E-state index is 12.5. The summed E-state index contributed by atoms with van der Waals surface area (Å²) in [5.74, 6) is 0.149. The number of nitrogens with one attached hydrogen (secondary N) is 1. The van der Waals surface area contributed by atoms with E-state index in [0.717, 1.165) is 37.2 Å². The second-order valence-electron chi connectivity index (χ2n) is 5.75. The van der Waals surface area contributed by atoms with E-state index in [1.165, 1.54) is 0 Å². The normalized spacial score (nSPS) is 18.5. The molecule has 0 saturated carbocycles. The van der Waals surface area contributed by atoms with Gasteiger partial charge in [0.1, 0.15) is 0 Å².